The van der Waals surface area contributed by atoms with Gasteiger partial charge in [0.25, 0.3) is 0 Å². The van der Waals surface area contributed by atoms with Gasteiger partial charge in [-0.25, -0.2) is 0 Å². The molecule has 0 bridgehead atoms. The van der Waals surface area contributed by atoms with E-state index in [1.807, 2.05) is 0 Å². The van der Waals surface area contributed by atoms with Gasteiger partial charge in [0.05, 0.1) is 5.25 Å². The smallest absolute Gasteiger partial charge is 0.316 e. The first-order valence-corrected chi connectivity index (χ1v) is 5.43. The Labute approximate surface area is 78.7 Å². The second-order valence-electron chi connectivity index (χ2n) is 3.39. The molecule has 0 aliphatic heterocycles. The molecule has 0 aromatic rings. The molecule has 0 heterocycles. The summed E-state index contributed by atoms with van der Waals surface area (Å²) < 4.78 is 0. The lowest BCUT2D eigenvalue weighted by Gasteiger charge is -2.06. The minimum Gasteiger partial charge on any atom is -0.480 e. The Morgan fingerprint density at radius 3 is 2.42 bits per heavy atom. The van der Waals surface area contributed by atoms with Crippen LogP contribution in [0.3, 0.4) is 0 Å². The third-order valence-corrected chi connectivity index (χ3v) is 2.87. The average Bonchev–Trinajstić information content (AvgIpc) is 1.97. The molecule has 0 fully saturated rings. The van der Waals surface area contributed by atoms with E-state index in [4.69, 9.17) is 5.11 Å². The van der Waals surface area contributed by atoms with E-state index in [-0.39, 0.29) is 5.25 Å². The number of aliphatic carboxylic acids is 1. The Bertz CT molecular complexity index is 134. The van der Waals surface area contributed by atoms with Crippen molar-refractivity contribution >= 4 is 17.7 Å². The molecule has 0 aliphatic carbocycles. The van der Waals surface area contributed by atoms with E-state index in [1.54, 1.807) is 6.92 Å². The van der Waals surface area contributed by atoms with Crippen molar-refractivity contribution in [3.63, 3.8) is 0 Å². The zero-order valence-electron chi connectivity index (χ0n) is 8.04. The summed E-state index contributed by atoms with van der Waals surface area (Å²) in [5, 5.41) is 8.32. The first-order valence-electron chi connectivity index (χ1n) is 4.38. The molecule has 0 radical (unpaired) electrons. The summed E-state index contributed by atoms with van der Waals surface area (Å²) in [6.45, 7) is 6.11. The van der Waals surface area contributed by atoms with Crippen LogP contribution in [-0.2, 0) is 4.79 Å². The van der Waals surface area contributed by atoms with Crippen molar-refractivity contribution < 1.29 is 9.90 Å². The van der Waals surface area contributed by atoms with Crippen LogP contribution in [0.5, 0.6) is 0 Å². The number of rotatable bonds is 6. The fourth-order valence-electron chi connectivity index (χ4n) is 0.823. The highest BCUT2D eigenvalue weighted by atomic mass is 32.2. The lowest BCUT2D eigenvalue weighted by molar-refractivity contribution is -0.136. The number of hydrogen-bond donors (Lipinski definition) is 1. The second-order valence-corrected chi connectivity index (χ2v) is 4.84. The van der Waals surface area contributed by atoms with Gasteiger partial charge >= 0.3 is 5.97 Å². The fraction of sp³-hybridized carbons (Fsp3) is 0.889. The topological polar surface area (TPSA) is 37.3 Å². The maximum absolute atomic E-state index is 10.4. The molecule has 0 saturated heterocycles. The molecule has 3 heteroatoms. The van der Waals surface area contributed by atoms with Gasteiger partial charge in [-0.2, -0.15) is 0 Å². The Kier molecular flexibility index (Phi) is 6.25. The number of thioether (sulfide) groups is 1. The lowest BCUT2D eigenvalue weighted by atomic mass is 10.1. The highest BCUT2D eigenvalue weighted by Crippen LogP contribution is 2.14. The van der Waals surface area contributed by atoms with Gasteiger partial charge in [-0.1, -0.05) is 20.3 Å². The van der Waals surface area contributed by atoms with Crippen molar-refractivity contribution in [1.29, 1.82) is 0 Å². The van der Waals surface area contributed by atoms with Gasteiger partial charge in [0, 0.05) is 0 Å². The SMILES string of the molecule is CC(C)CCCSC(C)C(=O)O. The van der Waals surface area contributed by atoms with Crippen molar-refractivity contribution in [2.24, 2.45) is 5.92 Å². The molecule has 12 heavy (non-hydrogen) atoms. The Balaban J connectivity index is 3.25. The van der Waals surface area contributed by atoms with Crippen LogP contribution in [0.4, 0.5) is 0 Å². The van der Waals surface area contributed by atoms with Crippen molar-refractivity contribution in [3.8, 4) is 0 Å². The minimum atomic E-state index is -0.704. The molecule has 1 N–H and O–H groups in total. The van der Waals surface area contributed by atoms with Crippen LogP contribution in [0, 0.1) is 5.92 Å². The van der Waals surface area contributed by atoms with Crippen LogP contribution in [0.15, 0.2) is 0 Å². The van der Waals surface area contributed by atoms with Gasteiger partial charge in [0.2, 0.25) is 0 Å². The van der Waals surface area contributed by atoms with E-state index >= 15 is 0 Å². The number of carbonyl (C=O) groups is 1. The molecular formula is C9H18O2S. The van der Waals surface area contributed by atoms with Gasteiger partial charge in [0.15, 0.2) is 0 Å². The molecule has 0 amide bonds. The third-order valence-electron chi connectivity index (χ3n) is 1.64. The summed E-state index contributed by atoms with van der Waals surface area (Å²) in [4.78, 5) is 10.4. The Morgan fingerprint density at radius 2 is 2.00 bits per heavy atom. The Morgan fingerprint density at radius 1 is 1.42 bits per heavy atom. The van der Waals surface area contributed by atoms with Crippen LogP contribution in [0.1, 0.15) is 33.6 Å². The monoisotopic (exact) mass is 190 g/mol. The zero-order valence-corrected chi connectivity index (χ0v) is 8.86. The van der Waals surface area contributed by atoms with Crippen LogP contribution in [0.25, 0.3) is 0 Å². The van der Waals surface area contributed by atoms with Crippen molar-refractivity contribution in [1.82, 2.24) is 0 Å². The van der Waals surface area contributed by atoms with Crippen LogP contribution < -0.4 is 0 Å². The van der Waals surface area contributed by atoms with Crippen LogP contribution >= 0.6 is 11.8 Å². The maximum Gasteiger partial charge on any atom is 0.316 e. The van der Waals surface area contributed by atoms with Gasteiger partial charge in [-0.05, 0) is 25.0 Å². The standard InChI is InChI=1S/C9H18O2S/c1-7(2)5-4-6-12-8(3)9(10)11/h7-8H,4-6H2,1-3H3,(H,10,11). The fourth-order valence-corrected chi connectivity index (χ4v) is 1.65. The van der Waals surface area contributed by atoms with E-state index in [2.05, 4.69) is 13.8 Å². The molecule has 72 valence electrons. The molecule has 0 rings (SSSR count). The van der Waals surface area contributed by atoms with Crippen LogP contribution in [0.2, 0.25) is 0 Å². The van der Waals surface area contributed by atoms with Crippen molar-refractivity contribution in [2.45, 2.75) is 38.9 Å². The minimum absolute atomic E-state index is 0.253. The normalized spacial score (nSPS) is 13.3. The third kappa shape index (κ3) is 6.53. The highest BCUT2D eigenvalue weighted by molar-refractivity contribution is 8.00. The number of carboxylic acid groups (broad SMARTS) is 1. The number of hydrogen-bond acceptors (Lipinski definition) is 2. The first-order chi connectivity index (χ1) is 5.54. The quantitative estimate of drug-likeness (QED) is 0.654. The van der Waals surface area contributed by atoms with E-state index in [0.29, 0.717) is 0 Å². The molecule has 0 aromatic carbocycles. The predicted octanol–water partition coefficient (Wildman–Crippen LogP) is 2.63. The molecule has 0 aliphatic rings. The summed E-state index contributed by atoms with van der Waals surface area (Å²) in [5.41, 5.74) is 0. The summed E-state index contributed by atoms with van der Waals surface area (Å²) in [6.07, 6.45) is 2.32. The molecule has 0 aromatic heterocycles. The van der Waals surface area contributed by atoms with Crippen molar-refractivity contribution in [2.75, 3.05) is 5.75 Å². The van der Waals surface area contributed by atoms with Gasteiger partial charge in [0.1, 0.15) is 0 Å². The van der Waals surface area contributed by atoms with Gasteiger partial charge < -0.3 is 5.11 Å². The maximum atomic E-state index is 10.4. The molecule has 0 spiro atoms. The highest BCUT2D eigenvalue weighted by Gasteiger charge is 2.09. The van der Waals surface area contributed by atoms with Gasteiger partial charge in [-0.15, -0.1) is 11.8 Å². The predicted molar refractivity (Wildman–Crippen MR) is 53.6 cm³/mol. The molecule has 1 atom stereocenters. The molecule has 1 unspecified atom stereocenters. The Hall–Kier alpha value is -0.180. The first kappa shape index (κ1) is 11.8. The second kappa shape index (κ2) is 6.35. The van der Waals surface area contributed by atoms with Crippen LogP contribution in [-0.4, -0.2) is 22.1 Å². The zero-order chi connectivity index (χ0) is 9.56. The van der Waals surface area contributed by atoms with E-state index in [1.165, 1.54) is 18.2 Å². The largest absolute Gasteiger partial charge is 0.480 e. The summed E-state index contributed by atoms with van der Waals surface area (Å²) in [6, 6.07) is 0. The van der Waals surface area contributed by atoms with Gasteiger partial charge in [-0.3, -0.25) is 4.79 Å². The lowest BCUT2D eigenvalue weighted by Crippen LogP contribution is -2.12. The molecule has 2 nitrogen and oxygen atoms in total. The summed E-state index contributed by atoms with van der Waals surface area (Å²) in [7, 11) is 0. The average molecular weight is 190 g/mol. The van der Waals surface area contributed by atoms with E-state index in [0.717, 1.165) is 18.1 Å². The van der Waals surface area contributed by atoms with Crippen molar-refractivity contribution in [3.05, 3.63) is 0 Å². The summed E-state index contributed by atoms with van der Waals surface area (Å²) in [5.74, 6) is 0.987. The van der Waals surface area contributed by atoms with E-state index in [9.17, 15) is 4.79 Å². The summed E-state index contributed by atoms with van der Waals surface area (Å²) >= 11 is 1.53. The molecular weight excluding hydrogens is 172 g/mol. The molecule has 0 saturated carbocycles. The van der Waals surface area contributed by atoms with E-state index < -0.39 is 5.97 Å². The number of carboxylic acids is 1.